The first-order valence-electron chi connectivity index (χ1n) is 11.5. The Balaban J connectivity index is 1.51. The summed E-state index contributed by atoms with van der Waals surface area (Å²) in [5, 5.41) is 13.4. The van der Waals surface area contributed by atoms with Crippen molar-refractivity contribution in [3.8, 4) is 40.1 Å². The lowest BCUT2D eigenvalue weighted by atomic mass is 10.2. The summed E-state index contributed by atoms with van der Waals surface area (Å²) in [5.41, 5.74) is 4.85. The van der Waals surface area contributed by atoms with Gasteiger partial charge in [0.1, 0.15) is 23.0 Å². The van der Waals surface area contributed by atoms with Crippen molar-refractivity contribution in [2.75, 3.05) is 34.2 Å². The van der Waals surface area contributed by atoms with E-state index in [1.165, 1.54) is 32.2 Å². The lowest BCUT2D eigenvalue weighted by Gasteiger charge is -2.12. The van der Waals surface area contributed by atoms with E-state index in [1.54, 1.807) is 26.4 Å². The number of hydrogen-bond acceptors (Lipinski definition) is 9. The summed E-state index contributed by atoms with van der Waals surface area (Å²) >= 11 is 1.25. The highest BCUT2D eigenvalue weighted by molar-refractivity contribution is 7.99. The van der Waals surface area contributed by atoms with Crippen LogP contribution < -0.4 is 24.4 Å². The van der Waals surface area contributed by atoms with Gasteiger partial charge in [-0.25, -0.2) is 5.43 Å². The molecule has 10 nitrogen and oxygen atoms in total. The largest absolute Gasteiger partial charge is 0.497 e. The number of nitrogens with zero attached hydrogens (tertiary/aromatic N) is 4. The molecule has 3 aromatic carbocycles. The molecule has 0 aliphatic rings. The number of amides is 1. The second kappa shape index (κ2) is 12.6. The molecule has 0 bridgehead atoms. The van der Waals surface area contributed by atoms with E-state index in [0.717, 1.165) is 17.0 Å². The number of nitrogens with one attached hydrogen (secondary N) is 1. The van der Waals surface area contributed by atoms with Gasteiger partial charge in [-0.2, -0.15) is 5.10 Å². The molecule has 0 saturated heterocycles. The Morgan fingerprint density at radius 3 is 2.16 bits per heavy atom. The van der Waals surface area contributed by atoms with Crippen molar-refractivity contribution in [3.05, 3.63) is 72.3 Å². The molecule has 0 atom stereocenters. The van der Waals surface area contributed by atoms with Gasteiger partial charge in [0.15, 0.2) is 11.0 Å². The molecular weight excluding hydrogens is 506 g/mol. The third-order valence-electron chi connectivity index (χ3n) is 5.46. The maximum atomic E-state index is 12.6. The lowest BCUT2D eigenvalue weighted by Crippen LogP contribution is -2.20. The van der Waals surface area contributed by atoms with Crippen molar-refractivity contribution in [2.45, 2.75) is 5.16 Å². The monoisotopic (exact) mass is 533 g/mol. The Hall–Kier alpha value is -4.51. The summed E-state index contributed by atoms with van der Waals surface area (Å²) in [5.74, 6) is 2.71. The SMILES string of the molecule is COc1ccc(-n2c(SCC(=O)N/N=C\c3c(OC)cc(OC)cc3OC)nnc2-c2ccccc2)cc1. The summed E-state index contributed by atoms with van der Waals surface area (Å²) in [6, 6.07) is 20.7. The van der Waals surface area contributed by atoms with Crippen LogP contribution in [-0.2, 0) is 4.79 Å². The van der Waals surface area contributed by atoms with Crippen LogP contribution in [-0.4, -0.2) is 61.1 Å². The van der Waals surface area contributed by atoms with Gasteiger partial charge in [-0.15, -0.1) is 10.2 Å². The minimum Gasteiger partial charge on any atom is -0.497 e. The highest BCUT2D eigenvalue weighted by Crippen LogP contribution is 2.33. The fraction of sp³-hybridized carbons (Fsp3) is 0.185. The van der Waals surface area contributed by atoms with E-state index in [0.29, 0.717) is 33.8 Å². The Morgan fingerprint density at radius 2 is 1.55 bits per heavy atom. The number of methoxy groups -OCH3 is 4. The standard InChI is InChI=1S/C27H27N5O5S/c1-34-20-12-10-19(11-13-20)32-26(18-8-6-5-7-9-18)30-31-27(32)38-17-25(33)29-28-16-22-23(36-3)14-21(35-2)15-24(22)37-4/h5-16H,17H2,1-4H3,(H,29,33)/b28-16-. The van der Waals surface area contributed by atoms with Crippen molar-refractivity contribution in [1.82, 2.24) is 20.2 Å². The molecule has 0 saturated carbocycles. The van der Waals surface area contributed by atoms with Gasteiger partial charge in [-0.05, 0) is 24.3 Å². The van der Waals surface area contributed by atoms with Crippen LogP contribution in [0.2, 0.25) is 0 Å². The van der Waals surface area contributed by atoms with Crippen molar-refractivity contribution in [3.63, 3.8) is 0 Å². The van der Waals surface area contributed by atoms with Crippen molar-refractivity contribution in [2.24, 2.45) is 5.10 Å². The summed E-state index contributed by atoms with van der Waals surface area (Å²) < 4.78 is 23.3. The van der Waals surface area contributed by atoms with E-state index >= 15 is 0 Å². The Bertz CT molecular complexity index is 1380. The zero-order valence-electron chi connectivity index (χ0n) is 21.4. The molecule has 0 spiro atoms. The average molecular weight is 534 g/mol. The summed E-state index contributed by atoms with van der Waals surface area (Å²) in [6.45, 7) is 0. The Labute approximate surface area is 224 Å². The number of benzene rings is 3. The van der Waals surface area contributed by atoms with Crippen LogP contribution in [0.5, 0.6) is 23.0 Å². The molecule has 11 heteroatoms. The maximum absolute atomic E-state index is 12.6. The quantitative estimate of drug-likeness (QED) is 0.174. The molecular formula is C27H27N5O5S. The van der Waals surface area contributed by atoms with E-state index in [1.807, 2.05) is 59.2 Å². The lowest BCUT2D eigenvalue weighted by molar-refractivity contribution is -0.118. The molecule has 0 fully saturated rings. The molecule has 0 unspecified atom stereocenters. The van der Waals surface area contributed by atoms with Crippen LogP contribution >= 0.6 is 11.8 Å². The smallest absolute Gasteiger partial charge is 0.250 e. The average Bonchev–Trinajstić information content (AvgIpc) is 3.40. The van der Waals surface area contributed by atoms with Crippen molar-refractivity contribution in [1.29, 1.82) is 0 Å². The van der Waals surface area contributed by atoms with Gasteiger partial charge in [0, 0.05) is 23.4 Å². The number of hydrogen-bond donors (Lipinski definition) is 1. The van der Waals surface area contributed by atoms with Gasteiger partial charge in [-0.1, -0.05) is 42.1 Å². The fourth-order valence-electron chi connectivity index (χ4n) is 3.59. The first-order chi connectivity index (χ1) is 18.6. The summed E-state index contributed by atoms with van der Waals surface area (Å²) in [4.78, 5) is 12.6. The van der Waals surface area contributed by atoms with Crippen LogP contribution in [0.25, 0.3) is 17.1 Å². The van der Waals surface area contributed by atoms with Crippen LogP contribution in [0.4, 0.5) is 0 Å². The van der Waals surface area contributed by atoms with E-state index in [-0.39, 0.29) is 11.7 Å². The number of aromatic nitrogens is 3. The van der Waals surface area contributed by atoms with Crippen LogP contribution in [0, 0.1) is 0 Å². The van der Waals surface area contributed by atoms with Gasteiger partial charge < -0.3 is 18.9 Å². The number of carbonyl (C=O) groups excluding carboxylic acids is 1. The van der Waals surface area contributed by atoms with Gasteiger partial charge in [0.05, 0.1) is 46.0 Å². The topological polar surface area (TPSA) is 109 Å². The zero-order chi connectivity index (χ0) is 26.9. The Morgan fingerprint density at radius 1 is 0.895 bits per heavy atom. The summed E-state index contributed by atoms with van der Waals surface area (Å²) in [7, 11) is 6.23. The molecule has 0 aliphatic carbocycles. The predicted octanol–water partition coefficient (Wildman–Crippen LogP) is 4.21. The second-order valence-corrected chi connectivity index (χ2v) is 8.68. The number of rotatable bonds is 11. The first kappa shape index (κ1) is 26.6. The molecule has 1 heterocycles. The first-order valence-corrected chi connectivity index (χ1v) is 12.5. The number of ether oxygens (including phenoxy) is 4. The van der Waals surface area contributed by atoms with Crippen LogP contribution in [0.3, 0.4) is 0 Å². The molecule has 4 rings (SSSR count). The molecule has 1 N–H and O–H groups in total. The molecule has 4 aromatic rings. The molecule has 1 amide bonds. The normalized spacial score (nSPS) is 10.8. The molecule has 1 aromatic heterocycles. The number of carbonyl (C=O) groups is 1. The fourth-order valence-corrected chi connectivity index (χ4v) is 4.34. The van der Waals surface area contributed by atoms with E-state index < -0.39 is 0 Å². The van der Waals surface area contributed by atoms with Gasteiger partial charge >= 0.3 is 0 Å². The highest BCUT2D eigenvalue weighted by atomic mass is 32.2. The number of thioether (sulfide) groups is 1. The maximum Gasteiger partial charge on any atom is 0.250 e. The van der Waals surface area contributed by atoms with Crippen molar-refractivity contribution < 1.29 is 23.7 Å². The van der Waals surface area contributed by atoms with E-state index in [4.69, 9.17) is 18.9 Å². The van der Waals surface area contributed by atoms with Crippen molar-refractivity contribution >= 4 is 23.9 Å². The minimum absolute atomic E-state index is 0.0668. The highest BCUT2D eigenvalue weighted by Gasteiger charge is 2.17. The molecule has 38 heavy (non-hydrogen) atoms. The van der Waals surface area contributed by atoms with Gasteiger partial charge in [0.25, 0.3) is 5.91 Å². The van der Waals surface area contributed by atoms with E-state index in [2.05, 4.69) is 20.7 Å². The van der Waals surface area contributed by atoms with Gasteiger partial charge in [-0.3, -0.25) is 9.36 Å². The molecule has 0 aliphatic heterocycles. The van der Waals surface area contributed by atoms with Crippen LogP contribution in [0.1, 0.15) is 5.56 Å². The third kappa shape index (κ3) is 6.06. The minimum atomic E-state index is -0.316. The molecule has 196 valence electrons. The predicted molar refractivity (Wildman–Crippen MR) is 146 cm³/mol. The van der Waals surface area contributed by atoms with E-state index in [9.17, 15) is 4.79 Å². The Kier molecular flexibility index (Phi) is 8.83. The summed E-state index contributed by atoms with van der Waals surface area (Å²) in [6.07, 6.45) is 1.47. The van der Waals surface area contributed by atoms with Crippen LogP contribution in [0.15, 0.2) is 77.0 Å². The zero-order valence-corrected chi connectivity index (χ0v) is 22.2. The number of hydrazone groups is 1. The second-order valence-electron chi connectivity index (χ2n) is 7.73. The molecule has 0 radical (unpaired) electrons. The van der Waals surface area contributed by atoms with Gasteiger partial charge in [0.2, 0.25) is 0 Å². The third-order valence-corrected chi connectivity index (χ3v) is 6.39.